The highest BCUT2D eigenvalue weighted by atomic mass is 32.2. The van der Waals surface area contributed by atoms with E-state index in [2.05, 4.69) is 5.32 Å². The molecule has 0 atom stereocenters. The molecule has 0 aliphatic carbocycles. The maximum atomic E-state index is 15.4. The van der Waals surface area contributed by atoms with E-state index in [0.29, 0.717) is 29.2 Å². The average Bonchev–Trinajstić information content (AvgIpc) is 3.14. The molecule has 2 aromatic carbocycles. The van der Waals surface area contributed by atoms with Crippen molar-refractivity contribution in [3.05, 3.63) is 46.3 Å². The molecule has 0 radical (unpaired) electrons. The molecule has 0 bridgehead atoms. The van der Waals surface area contributed by atoms with Gasteiger partial charge in [0.05, 0.1) is 43.9 Å². The molecule has 0 saturated heterocycles. The van der Waals surface area contributed by atoms with Crippen LogP contribution in [0, 0.1) is 11.2 Å². The van der Waals surface area contributed by atoms with Gasteiger partial charge < -0.3 is 24.4 Å². The minimum Gasteiger partial charge on any atom is -0.494 e. The normalized spacial score (nSPS) is 13.3. The lowest BCUT2D eigenvalue weighted by Crippen LogP contribution is -2.31. The molecule has 1 aliphatic heterocycles. The third kappa shape index (κ3) is 6.81. The summed E-state index contributed by atoms with van der Waals surface area (Å²) in [7, 11) is -1.67. The van der Waals surface area contributed by atoms with Crippen LogP contribution >= 0.6 is 0 Å². The van der Waals surface area contributed by atoms with Gasteiger partial charge in [0.2, 0.25) is 0 Å². The number of methoxy groups -OCH3 is 1. The maximum Gasteiger partial charge on any atom is 0.197 e. The first-order chi connectivity index (χ1) is 18.2. The fourth-order valence-electron chi connectivity index (χ4n) is 4.49. The lowest BCUT2D eigenvalue weighted by molar-refractivity contribution is 0.0962. The molecule has 2 N–H and O–H groups in total. The zero-order valence-electron chi connectivity index (χ0n) is 23.7. The Morgan fingerprint density at radius 2 is 1.79 bits per heavy atom. The van der Waals surface area contributed by atoms with E-state index < -0.39 is 15.7 Å². The van der Waals surface area contributed by atoms with Crippen LogP contribution in [0.2, 0.25) is 0 Å². The summed E-state index contributed by atoms with van der Waals surface area (Å²) in [6, 6.07) is 5.06. The summed E-state index contributed by atoms with van der Waals surface area (Å²) in [5, 5.41) is 11.7. The first kappa shape index (κ1) is 30.2. The van der Waals surface area contributed by atoms with Crippen LogP contribution in [0.1, 0.15) is 61.7 Å². The standard InChI is InChI=1S/C28H38FN3O6S/c1-8-37-22-14-18-15-32(27(30)23(18)24(29)26(22)38-9-2)16-21(33)17-12-19(28(3,4)5)25(36-6)20(13-17)31-10-11-39(7,34)35/h12-14,30-31H,8-11,15-16H2,1-7H3. The molecule has 0 fully saturated rings. The van der Waals surface area contributed by atoms with Gasteiger partial charge in [-0.05, 0) is 43.0 Å². The molecule has 2 aromatic rings. The van der Waals surface area contributed by atoms with E-state index in [4.69, 9.17) is 19.6 Å². The van der Waals surface area contributed by atoms with Gasteiger partial charge in [-0.15, -0.1) is 0 Å². The fraction of sp³-hybridized carbons (Fsp3) is 0.500. The third-order valence-corrected chi connectivity index (χ3v) is 7.26. The van der Waals surface area contributed by atoms with E-state index in [1.54, 1.807) is 32.0 Å². The number of benzene rings is 2. The molecule has 214 valence electrons. The van der Waals surface area contributed by atoms with Crippen LogP contribution in [-0.2, 0) is 21.8 Å². The number of sulfone groups is 1. The zero-order chi connectivity index (χ0) is 29.1. The van der Waals surface area contributed by atoms with Crippen molar-refractivity contribution in [2.45, 2.75) is 46.6 Å². The van der Waals surface area contributed by atoms with Gasteiger partial charge in [-0.25, -0.2) is 12.8 Å². The SMILES string of the molecule is CCOc1cc2c(c(F)c1OCC)C(=N)N(CC(=O)c1cc(NCCS(C)(=O)=O)c(OC)c(C(C)(C)C)c1)C2. The Hall–Kier alpha value is -3.34. The number of Topliss-reactive ketones (excluding diaryl/α,β-unsaturated/α-hetero) is 1. The molecule has 11 heteroatoms. The number of amidine groups is 1. The first-order valence-electron chi connectivity index (χ1n) is 12.8. The van der Waals surface area contributed by atoms with E-state index in [-0.39, 0.29) is 66.1 Å². The fourth-order valence-corrected chi connectivity index (χ4v) is 4.97. The second kappa shape index (κ2) is 11.8. The molecular weight excluding hydrogens is 525 g/mol. The van der Waals surface area contributed by atoms with E-state index in [1.165, 1.54) is 12.0 Å². The number of fused-ring (bicyclic) bond motifs is 1. The van der Waals surface area contributed by atoms with E-state index in [9.17, 15) is 13.2 Å². The van der Waals surface area contributed by atoms with Gasteiger partial charge in [-0.1, -0.05) is 20.8 Å². The van der Waals surface area contributed by atoms with E-state index in [1.807, 2.05) is 20.8 Å². The smallest absolute Gasteiger partial charge is 0.197 e. The van der Waals surface area contributed by atoms with Crippen molar-refractivity contribution in [3.63, 3.8) is 0 Å². The summed E-state index contributed by atoms with van der Waals surface area (Å²) >= 11 is 0. The molecule has 0 aromatic heterocycles. The van der Waals surface area contributed by atoms with Gasteiger partial charge in [-0.2, -0.15) is 0 Å². The number of ketones is 1. The Morgan fingerprint density at radius 1 is 1.13 bits per heavy atom. The van der Waals surface area contributed by atoms with Crippen molar-refractivity contribution < 1.29 is 31.8 Å². The third-order valence-electron chi connectivity index (χ3n) is 6.32. The van der Waals surface area contributed by atoms with Crippen LogP contribution < -0.4 is 19.5 Å². The van der Waals surface area contributed by atoms with Gasteiger partial charge >= 0.3 is 0 Å². The first-order valence-corrected chi connectivity index (χ1v) is 14.9. The van der Waals surface area contributed by atoms with Crippen LogP contribution in [0.25, 0.3) is 0 Å². The number of carbonyl (C=O) groups is 1. The van der Waals surface area contributed by atoms with Crippen LogP contribution in [0.4, 0.5) is 10.1 Å². The van der Waals surface area contributed by atoms with Gasteiger partial charge in [0.25, 0.3) is 0 Å². The zero-order valence-corrected chi connectivity index (χ0v) is 24.5. The van der Waals surface area contributed by atoms with Crippen LogP contribution in [0.15, 0.2) is 18.2 Å². The number of rotatable bonds is 12. The van der Waals surface area contributed by atoms with Crippen molar-refractivity contribution in [2.75, 3.05) is 50.7 Å². The highest BCUT2D eigenvalue weighted by Crippen LogP contribution is 2.40. The number of nitrogens with zero attached hydrogens (tertiary/aromatic N) is 1. The molecule has 0 unspecified atom stereocenters. The maximum absolute atomic E-state index is 15.4. The topological polar surface area (TPSA) is 118 Å². The predicted molar refractivity (Wildman–Crippen MR) is 150 cm³/mol. The summed E-state index contributed by atoms with van der Waals surface area (Å²) in [5.74, 6) is -0.366. The summed E-state index contributed by atoms with van der Waals surface area (Å²) < 4.78 is 55.4. The van der Waals surface area contributed by atoms with Crippen LogP contribution in [0.3, 0.4) is 0 Å². The Labute approximate surface area is 230 Å². The lowest BCUT2D eigenvalue weighted by atomic mass is 9.84. The van der Waals surface area contributed by atoms with Crippen molar-refractivity contribution >= 4 is 27.1 Å². The van der Waals surface area contributed by atoms with Gasteiger partial charge in [-0.3, -0.25) is 10.2 Å². The second-order valence-electron chi connectivity index (χ2n) is 10.5. The summed E-state index contributed by atoms with van der Waals surface area (Å²) in [6.45, 7) is 10.2. The Kier molecular flexibility index (Phi) is 9.15. The number of halogens is 1. The summed E-state index contributed by atoms with van der Waals surface area (Å²) in [4.78, 5) is 15.1. The number of anilines is 1. The number of hydrogen-bond acceptors (Lipinski definition) is 8. The van der Waals surface area contributed by atoms with Gasteiger partial charge in [0.1, 0.15) is 21.4 Å². The van der Waals surface area contributed by atoms with Gasteiger partial charge in [0, 0.05) is 30.5 Å². The largest absolute Gasteiger partial charge is 0.494 e. The molecule has 0 amide bonds. The number of hydrogen-bond donors (Lipinski definition) is 2. The van der Waals surface area contributed by atoms with E-state index in [0.717, 1.165) is 11.8 Å². The number of nitrogens with one attached hydrogen (secondary N) is 2. The Morgan fingerprint density at radius 3 is 2.36 bits per heavy atom. The molecule has 0 saturated carbocycles. The Bertz CT molecular complexity index is 1370. The van der Waals surface area contributed by atoms with Crippen molar-refractivity contribution in [3.8, 4) is 17.2 Å². The van der Waals surface area contributed by atoms with Crippen molar-refractivity contribution in [2.24, 2.45) is 0 Å². The highest BCUT2D eigenvalue weighted by molar-refractivity contribution is 7.90. The van der Waals surface area contributed by atoms with Crippen LogP contribution in [0.5, 0.6) is 17.2 Å². The molecular formula is C28H38FN3O6S. The minimum atomic E-state index is -3.19. The van der Waals surface area contributed by atoms with Crippen LogP contribution in [-0.4, -0.2) is 70.4 Å². The summed E-state index contributed by atoms with van der Waals surface area (Å²) in [5.41, 5.74) is 1.90. The minimum absolute atomic E-state index is 0.0363. The number of carbonyl (C=O) groups excluding carboxylic acids is 1. The highest BCUT2D eigenvalue weighted by Gasteiger charge is 2.33. The predicted octanol–water partition coefficient (Wildman–Crippen LogP) is 4.41. The molecule has 39 heavy (non-hydrogen) atoms. The molecule has 1 heterocycles. The van der Waals surface area contributed by atoms with Crippen molar-refractivity contribution in [1.82, 2.24) is 4.90 Å². The lowest BCUT2D eigenvalue weighted by Gasteiger charge is -2.26. The quantitative estimate of drug-likeness (QED) is 0.365. The monoisotopic (exact) mass is 563 g/mol. The molecule has 3 rings (SSSR count). The average molecular weight is 564 g/mol. The molecule has 1 aliphatic rings. The summed E-state index contributed by atoms with van der Waals surface area (Å²) in [6.07, 6.45) is 1.16. The van der Waals surface area contributed by atoms with Crippen molar-refractivity contribution in [1.29, 1.82) is 5.41 Å². The Balaban J connectivity index is 1.94. The van der Waals surface area contributed by atoms with Gasteiger partial charge in [0.15, 0.2) is 23.1 Å². The van der Waals surface area contributed by atoms with E-state index >= 15 is 4.39 Å². The molecule has 0 spiro atoms. The second-order valence-corrected chi connectivity index (χ2v) is 12.7. The number of ether oxygens (including phenoxy) is 3. The molecule has 9 nitrogen and oxygen atoms in total.